The van der Waals surface area contributed by atoms with Crippen molar-refractivity contribution in [3.63, 3.8) is 0 Å². The van der Waals surface area contributed by atoms with Crippen LogP contribution in [0.5, 0.6) is 11.5 Å². The van der Waals surface area contributed by atoms with Crippen LogP contribution in [0.1, 0.15) is 49.8 Å². The van der Waals surface area contributed by atoms with E-state index in [1.54, 1.807) is 0 Å². The zero-order valence-electron chi connectivity index (χ0n) is 17.9. The van der Waals surface area contributed by atoms with Gasteiger partial charge in [-0.05, 0) is 62.1 Å². The average molecular weight is 420 g/mol. The molecule has 0 saturated heterocycles. The minimum Gasteiger partial charge on any atom is -0.490 e. The highest BCUT2D eigenvalue weighted by atomic mass is 35.5. The van der Waals surface area contributed by atoms with Crippen molar-refractivity contribution in [1.29, 1.82) is 0 Å². The topological polar surface area (TPSA) is 39.7 Å². The van der Waals surface area contributed by atoms with Gasteiger partial charge in [-0.3, -0.25) is 0 Å². The molecule has 0 aliphatic heterocycles. The average Bonchev–Trinajstić information content (AvgIpc) is 2.71. The molecule has 0 aliphatic carbocycles. The van der Waals surface area contributed by atoms with Gasteiger partial charge >= 0.3 is 0 Å². The molecule has 29 heavy (non-hydrogen) atoms. The second kappa shape index (κ2) is 13.5. The normalized spacial score (nSPS) is 10.9. The fourth-order valence-electron chi connectivity index (χ4n) is 2.93. The highest BCUT2D eigenvalue weighted by Crippen LogP contribution is 2.37. The van der Waals surface area contributed by atoms with Gasteiger partial charge in [0.2, 0.25) is 0 Å². The third-order valence-corrected chi connectivity index (χ3v) is 4.90. The maximum Gasteiger partial charge on any atom is 0.180 e. The number of ether oxygens (including phenoxy) is 3. The SMILES string of the molecule is CCCCOCCCNCc1cc(Cl)c(OCc2ccccc2C)c(OCC)c1. The number of hydrogen-bond acceptors (Lipinski definition) is 4. The summed E-state index contributed by atoms with van der Waals surface area (Å²) in [5, 5.41) is 4.01. The Bertz CT molecular complexity index is 736. The van der Waals surface area contributed by atoms with E-state index in [1.807, 2.05) is 31.2 Å². The molecular weight excluding hydrogens is 386 g/mol. The van der Waals surface area contributed by atoms with Crippen molar-refractivity contribution in [2.45, 2.75) is 53.2 Å². The van der Waals surface area contributed by atoms with E-state index in [-0.39, 0.29) is 0 Å². The van der Waals surface area contributed by atoms with Gasteiger partial charge in [0.1, 0.15) is 6.61 Å². The molecule has 0 bridgehead atoms. The first-order valence-electron chi connectivity index (χ1n) is 10.6. The van der Waals surface area contributed by atoms with Gasteiger partial charge in [-0.1, -0.05) is 49.2 Å². The summed E-state index contributed by atoms with van der Waals surface area (Å²) in [7, 11) is 0. The molecule has 0 amide bonds. The van der Waals surface area contributed by atoms with Crippen molar-refractivity contribution in [3.8, 4) is 11.5 Å². The van der Waals surface area contributed by atoms with Crippen LogP contribution in [0.15, 0.2) is 36.4 Å². The lowest BCUT2D eigenvalue weighted by atomic mass is 10.1. The number of aryl methyl sites for hydroxylation is 1. The van der Waals surface area contributed by atoms with Crippen LogP contribution in [0.4, 0.5) is 0 Å². The molecule has 0 radical (unpaired) electrons. The van der Waals surface area contributed by atoms with Crippen LogP contribution < -0.4 is 14.8 Å². The van der Waals surface area contributed by atoms with Gasteiger partial charge in [0.25, 0.3) is 0 Å². The van der Waals surface area contributed by atoms with Gasteiger partial charge in [0.05, 0.1) is 11.6 Å². The summed E-state index contributed by atoms with van der Waals surface area (Å²) in [5.74, 6) is 1.29. The molecule has 0 unspecified atom stereocenters. The van der Waals surface area contributed by atoms with Crippen molar-refractivity contribution in [2.75, 3.05) is 26.4 Å². The molecule has 0 spiro atoms. The number of hydrogen-bond donors (Lipinski definition) is 1. The van der Waals surface area contributed by atoms with Crippen LogP contribution in [0, 0.1) is 6.92 Å². The highest BCUT2D eigenvalue weighted by molar-refractivity contribution is 6.32. The lowest BCUT2D eigenvalue weighted by Gasteiger charge is -2.16. The van der Waals surface area contributed by atoms with E-state index in [0.29, 0.717) is 29.7 Å². The molecule has 0 atom stereocenters. The van der Waals surface area contributed by atoms with Crippen LogP contribution in [0.3, 0.4) is 0 Å². The van der Waals surface area contributed by atoms with Crippen molar-refractivity contribution < 1.29 is 14.2 Å². The minimum absolute atomic E-state index is 0.460. The number of rotatable bonds is 14. The summed E-state index contributed by atoms with van der Waals surface area (Å²) in [6, 6.07) is 12.1. The van der Waals surface area contributed by atoms with Gasteiger partial charge in [-0.2, -0.15) is 0 Å². The maximum absolute atomic E-state index is 6.53. The molecule has 1 N–H and O–H groups in total. The molecule has 0 aliphatic rings. The third kappa shape index (κ3) is 8.25. The Hall–Kier alpha value is -1.75. The molecule has 0 saturated carbocycles. The monoisotopic (exact) mass is 419 g/mol. The summed E-state index contributed by atoms with van der Waals surface area (Å²) in [6.07, 6.45) is 3.30. The van der Waals surface area contributed by atoms with E-state index in [9.17, 15) is 0 Å². The first-order valence-corrected chi connectivity index (χ1v) is 10.9. The zero-order chi connectivity index (χ0) is 20.9. The summed E-state index contributed by atoms with van der Waals surface area (Å²) >= 11 is 6.53. The summed E-state index contributed by atoms with van der Waals surface area (Å²) in [4.78, 5) is 0. The molecule has 160 valence electrons. The fourth-order valence-corrected chi connectivity index (χ4v) is 3.22. The lowest BCUT2D eigenvalue weighted by Crippen LogP contribution is -2.16. The molecule has 5 heteroatoms. The Labute approximate surface area is 180 Å². The van der Waals surface area contributed by atoms with E-state index in [1.165, 1.54) is 12.0 Å². The van der Waals surface area contributed by atoms with Crippen LogP contribution in [0.25, 0.3) is 0 Å². The molecule has 2 rings (SSSR count). The standard InChI is InChI=1S/C24H34ClNO3/c1-4-6-13-27-14-9-12-26-17-20-15-22(25)24(23(16-20)28-5-2)29-18-21-11-8-7-10-19(21)3/h7-8,10-11,15-16,26H,4-6,9,12-14,17-18H2,1-3H3. The van der Waals surface area contributed by atoms with Crippen LogP contribution in [-0.2, 0) is 17.9 Å². The maximum atomic E-state index is 6.53. The smallest absolute Gasteiger partial charge is 0.180 e. The summed E-state index contributed by atoms with van der Waals surface area (Å²) in [5.41, 5.74) is 3.41. The van der Waals surface area contributed by atoms with Crippen molar-refractivity contribution in [2.24, 2.45) is 0 Å². The molecule has 2 aromatic rings. The Kier molecular flexibility index (Phi) is 10.9. The van der Waals surface area contributed by atoms with E-state index in [0.717, 1.165) is 50.3 Å². The highest BCUT2D eigenvalue weighted by Gasteiger charge is 2.13. The fraction of sp³-hybridized carbons (Fsp3) is 0.500. The van der Waals surface area contributed by atoms with Gasteiger partial charge in [-0.15, -0.1) is 0 Å². The predicted molar refractivity (Wildman–Crippen MR) is 120 cm³/mol. The number of halogens is 1. The van der Waals surface area contributed by atoms with Gasteiger partial charge in [0.15, 0.2) is 11.5 Å². The quantitative estimate of drug-likeness (QED) is 0.385. The van der Waals surface area contributed by atoms with Crippen LogP contribution >= 0.6 is 11.6 Å². The van der Waals surface area contributed by atoms with E-state index < -0.39 is 0 Å². The van der Waals surface area contributed by atoms with Crippen LogP contribution in [0.2, 0.25) is 5.02 Å². The first kappa shape index (κ1) is 23.5. The van der Waals surface area contributed by atoms with Crippen molar-refractivity contribution in [1.82, 2.24) is 5.32 Å². The Morgan fingerprint density at radius 1 is 1.00 bits per heavy atom. The third-order valence-electron chi connectivity index (χ3n) is 4.62. The zero-order valence-corrected chi connectivity index (χ0v) is 18.7. The summed E-state index contributed by atoms with van der Waals surface area (Å²) < 4.78 is 17.4. The molecule has 4 nitrogen and oxygen atoms in total. The second-order valence-electron chi connectivity index (χ2n) is 7.05. The van der Waals surface area contributed by atoms with E-state index in [4.69, 9.17) is 25.8 Å². The molecule has 0 fully saturated rings. The molecular formula is C24H34ClNO3. The Morgan fingerprint density at radius 2 is 1.79 bits per heavy atom. The largest absolute Gasteiger partial charge is 0.490 e. The number of benzene rings is 2. The van der Waals surface area contributed by atoms with Gasteiger partial charge in [-0.25, -0.2) is 0 Å². The molecule has 0 heterocycles. The summed E-state index contributed by atoms with van der Waals surface area (Å²) in [6.45, 7) is 10.5. The Balaban J connectivity index is 1.90. The van der Waals surface area contributed by atoms with Gasteiger partial charge in [0, 0.05) is 19.8 Å². The van der Waals surface area contributed by atoms with Crippen molar-refractivity contribution in [3.05, 3.63) is 58.1 Å². The van der Waals surface area contributed by atoms with Crippen molar-refractivity contribution >= 4 is 11.6 Å². The lowest BCUT2D eigenvalue weighted by molar-refractivity contribution is 0.129. The number of unbranched alkanes of at least 4 members (excludes halogenated alkanes) is 1. The first-order chi connectivity index (χ1) is 14.2. The minimum atomic E-state index is 0.460. The molecule has 0 aromatic heterocycles. The van der Waals surface area contributed by atoms with E-state index in [2.05, 4.69) is 31.3 Å². The van der Waals surface area contributed by atoms with Crippen LogP contribution in [-0.4, -0.2) is 26.4 Å². The van der Waals surface area contributed by atoms with E-state index >= 15 is 0 Å². The second-order valence-corrected chi connectivity index (χ2v) is 7.46. The number of nitrogens with one attached hydrogen (secondary N) is 1. The predicted octanol–water partition coefficient (Wildman–Crippen LogP) is 5.92. The van der Waals surface area contributed by atoms with Gasteiger partial charge < -0.3 is 19.5 Å². The Morgan fingerprint density at radius 3 is 2.55 bits per heavy atom. The molecule has 2 aromatic carbocycles.